The van der Waals surface area contributed by atoms with Gasteiger partial charge in [0.2, 0.25) is 0 Å². The largest absolute Gasteiger partial charge is 0.481 e. The number of rotatable bonds is 6. The van der Waals surface area contributed by atoms with Crippen molar-refractivity contribution in [1.82, 2.24) is 10.2 Å². The number of carbonyl (C=O) groups is 2. The van der Waals surface area contributed by atoms with E-state index in [0.717, 1.165) is 5.56 Å². The van der Waals surface area contributed by atoms with Gasteiger partial charge in [-0.3, -0.25) is 4.79 Å². The number of hydrogen-bond donors (Lipinski definition) is 2. The number of carbonyl (C=O) groups excluding carboxylic acids is 1. The third kappa shape index (κ3) is 4.91. The highest BCUT2D eigenvalue weighted by Gasteiger charge is 2.17. The van der Waals surface area contributed by atoms with E-state index in [1.807, 2.05) is 37.3 Å². The molecule has 1 aromatic rings. The predicted octanol–water partition coefficient (Wildman–Crippen LogP) is 2.15. The summed E-state index contributed by atoms with van der Waals surface area (Å²) in [5.74, 6) is -1.26. The quantitative estimate of drug-likeness (QED) is 0.837. The van der Waals surface area contributed by atoms with Gasteiger partial charge in [0.25, 0.3) is 0 Å². The summed E-state index contributed by atoms with van der Waals surface area (Å²) in [6.45, 7) is 4.34. The Hall–Kier alpha value is -2.04. The molecule has 0 heterocycles. The second kappa shape index (κ2) is 7.53. The molecule has 0 aromatic heterocycles. The van der Waals surface area contributed by atoms with E-state index >= 15 is 0 Å². The molecule has 0 fully saturated rings. The first kappa shape index (κ1) is 16.0. The van der Waals surface area contributed by atoms with Crippen LogP contribution >= 0.6 is 0 Å². The van der Waals surface area contributed by atoms with Crippen molar-refractivity contribution in [3.8, 4) is 0 Å². The normalized spacial score (nSPS) is 13.3. The van der Waals surface area contributed by atoms with E-state index in [1.54, 1.807) is 14.0 Å². The summed E-state index contributed by atoms with van der Waals surface area (Å²) < 4.78 is 0. The van der Waals surface area contributed by atoms with Crippen LogP contribution in [0.25, 0.3) is 0 Å². The number of nitrogens with zero attached hydrogens (tertiary/aromatic N) is 1. The molecular weight excluding hydrogens is 256 g/mol. The van der Waals surface area contributed by atoms with Crippen LogP contribution in [-0.2, 0) is 4.79 Å². The van der Waals surface area contributed by atoms with Crippen molar-refractivity contribution in [1.29, 1.82) is 0 Å². The summed E-state index contributed by atoms with van der Waals surface area (Å²) in [6, 6.07) is 9.68. The van der Waals surface area contributed by atoms with Gasteiger partial charge in [-0.15, -0.1) is 0 Å². The Bertz CT molecular complexity index is 448. The number of hydrogen-bond acceptors (Lipinski definition) is 2. The van der Waals surface area contributed by atoms with Gasteiger partial charge in [0.05, 0.1) is 5.92 Å². The SMILES string of the molecule is CC(CN(C)C(=O)NCC(C)c1ccccc1)C(=O)O. The van der Waals surface area contributed by atoms with Crippen LogP contribution in [0.5, 0.6) is 0 Å². The molecular formula is C15H22N2O3. The van der Waals surface area contributed by atoms with Gasteiger partial charge in [-0.2, -0.15) is 0 Å². The van der Waals surface area contributed by atoms with Gasteiger partial charge < -0.3 is 15.3 Å². The minimum Gasteiger partial charge on any atom is -0.481 e. The first-order valence-electron chi connectivity index (χ1n) is 6.68. The van der Waals surface area contributed by atoms with E-state index in [-0.39, 0.29) is 18.5 Å². The maximum atomic E-state index is 11.9. The van der Waals surface area contributed by atoms with Crippen molar-refractivity contribution < 1.29 is 14.7 Å². The third-order valence-electron chi connectivity index (χ3n) is 3.24. The molecule has 110 valence electrons. The maximum Gasteiger partial charge on any atom is 0.317 e. The molecule has 2 N–H and O–H groups in total. The monoisotopic (exact) mass is 278 g/mol. The molecule has 0 aliphatic heterocycles. The van der Waals surface area contributed by atoms with Crippen molar-refractivity contribution >= 4 is 12.0 Å². The highest BCUT2D eigenvalue weighted by molar-refractivity contribution is 5.75. The molecule has 1 rings (SSSR count). The zero-order valence-corrected chi connectivity index (χ0v) is 12.2. The standard InChI is InChI=1S/C15H22N2O3/c1-11(13-7-5-4-6-8-13)9-16-15(20)17(3)10-12(2)14(18)19/h4-8,11-12H,9-10H2,1-3H3,(H,16,20)(H,18,19). The van der Waals surface area contributed by atoms with Gasteiger partial charge in [0.15, 0.2) is 0 Å². The fourth-order valence-electron chi connectivity index (χ4n) is 1.85. The Morgan fingerprint density at radius 1 is 1.25 bits per heavy atom. The van der Waals surface area contributed by atoms with Gasteiger partial charge in [-0.05, 0) is 11.5 Å². The summed E-state index contributed by atoms with van der Waals surface area (Å²) in [7, 11) is 1.60. The minimum atomic E-state index is -0.901. The lowest BCUT2D eigenvalue weighted by Gasteiger charge is -2.21. The van der Waals surface area contributed by atoms with E-state index in [9.17, 15) is 9.59 Å². The number of carboxylic acid groups (broad SMARTS) is 1. The number of aliphatic carboxylic acids is 1. The lowest BCUT2D eigenvalue weighted by Crippen LogP contribution is -2.41. The predicted molar refractivity (Wildman–Crippen MR) is 77.7 cm³/mol. The topological polar surface area (TPSA) is 69.6 Å². The molecule has 5 heteroatoms. The van der Waals surface area contributed by atoms with Crippen LogP contribution < -0.4 is 5.32 Å². The third-order valence-corrected chi connectivity index (χ3v) is 3.24. The van der Waals surface area contributed by atoms with Crippen LogP contribution in [0.2, 0.25) is 0 Å². The molecule has 20 heavy (non-hydrogen) atoms. The van der Waals surface area contributed by atoms with E-state index < -0.39 is 11.9 Å². The molecule has 0 saturated heterocycles. The van der Waals surface area contributed by atoms with Gasteiger partial charge in [-0.1, -0.05) is 44.2 Å². The molecule has 5 nitrogen and oxygen atoms in total. The van der Waals surface area contributed by atoms with Gasteiger partial charge in [0.1, 0.15) is 0 Å². The van der Waals surface area contributed by atoms with Crippen molar-refractivity contribution in [3.05, 3.63) is 35.9 Å². The Kier molecular flexibility index (Phi) is 6.03. The molecule has 0 spiro atoms. The van der Waals surface area contributed by atoms with Crippen LogP contribution in [-0.4, -0.2) is 42.1 Å². The van der Waals surface area contributed by atoms with Crippen molar-refractivity contribution in [2.24, 2.45) is 5.92 Å². The second-order valence-corrected chi connectivity index (χ2v) is 5.12. The Morgan fingerprint density at radius 2 is 1.85 bits per heavy atom. The first-order valence-corrected chi connectivity index (χ1v) is 6.68. The molecule has 0 aliphatic rings. The first-order chi connectivity index (χ1) is 9.41. The molecule has 2 amide bonds. The smallest absolute Gasteiger partial charge is 0.317 e. The van der Waals surface area contributed by atoms with Crippen molar-refractivity contribution in [2.75, 3.05) is 20.1 Å². The Balaban J connectivity index is 2.41. The average Bonchev–Trinajstić information content (AvgIpc) is 2.44. The zero-order valence-electron chi connectivity index (χ0n) is 12.2. The molecule has 0 saturated carbocycles. The molecule has 0 radical (unpaired) electrons. The lowest BCUT2D eigenvalue weighted by atomic mass is 10.0. The summed E-state index contributed by atoms with van der Waals surface area (Å²) in [5, 5.41) is 11.6. The molecule has 0 bridgehead atoms. The van der Waals surface area contributed by atoms with Crippen molar-refractivity contribution in [2.45, 2.75) is 19.8 Å². The fourth-order valence-corrected chi connectivity index (χ4v) is 1.85. The lowest BCUT2D eigenvalue weighted by molar-refractivity contribution is -0.141. The van der Waals surface area contributed by atoms with Crippen LogP contribution in [0.4, 0.5) is 4.79 Å². The van der Waals surface area contributed by atoms with Crippen LogP contribution in [0.3, 0.4) is 0 Å². The van der Waals surface area contributed by atoms with Gasteiger partial charge >= 0.3 is 12.0 Å². The van der Waals surface area contributed by atoms with Crippen LogP contribution in [0.1, 0.15) is 25.3 Å². The van der Waals surface area contributed by atoms with E-state index in [4.69, 9.17) is 5.11 Å². The zero-order chi connectivity index (χ0) is 15.1. The van der Waals surface area contributed by atoms with E-state index in [0.29, 0.717) is 6.54 Å². The Morgan fingerprint density at radius 3 is 2.40 bits per heavy atom. The molecule has 2 unspecified atom stereocenters. The summed E-state index contributed by atoms with van der Waals surface area (Å²) >= 11 is 0. The molecule has 0 aliphatic carbocycles. The highest BCUT2D eigenvalue weighted by Crippen LogP contribution is 2.13. The summed E-state index contributed by atoms with van der Waals surface area (Å²) in [6.07, 6.45) is 0. The fraction of sp³-hybridized carbons (Fsp3) is 0.467. The number of amides is 2. The molecule has 2 atom stereocenters. The van der Waals surface area contributed by atoms with Gasteiger partial charge in [0, 0.05) is 20.1 Å². The number of urea groups is 1. The summed E-state index contributed by atoms with van der Waals surface area (Å²) in [4.78, 5) is 24.0. The number of benzene rings is 1. The molecule has 1 aromatic carbocycles. The number of nitrogens with one attached hydrogen (secondary N) is 1. The van der Waals surface area contributed by atoms with Crippen molar-refractivity contribution in [3.63, 3.8) is 0 Å². The minimum absolute atomic E-state index is 0.195. The number of carboxylic acids is 1. The van der Waals surface area contributed by atoms with Crippen LogP contribution in [0, 0.1) is 5.92 Å². The highest BCUT2D eigenvalue weighted by atomic mass is 16.4. The van der Waals surface area contributed by atoms with Crippen LogP contribution in [0.15, 0.2) is 30.3 Å². The Labute approximate surface area is 119 Å². The summed E-state index contributed by atoms with van der Waals surface area (Å²) in [5.41, 5.74) is 1.16. The average molecular weight is 278 g/mol. The van der Waals surface area contributed by atoms with Gasteiger partial charge in [-0.25, -0.2) is 4.79 Å². The van der Waals surface area contributed by atoms with E-state index in [2.05, 4.69) is 5.32 Å². The second-order valence-electron chi connectivity index (χ2n) is 5.12. The maximum absolute atomic E-state index is 11.9. The van der Waals surface area contributed by atoms with E-state index in [1.165, 1.54) is 4.90 Å².